The second-order valence-corrected chi connectivity index (χ2v) is 4.76. The van der Waals surface area contributed by atoms with Crippen LogP contribution in [0.2, 0.25) is 0 Å². The molecule has 18 heavy (non-hydrogen) atoms. The fraction of sp³-hybridized carbons (Fsp3) is 0.312. The van der Waals surface area contributed by atoms with Crippen LogP contribution in [-0.2, 0) is 6.54 Å². The highest BCUT2D eigenvalue weighted by Crippen LogP contribution is 2.16. The highest BCUT2D eigenvalue weighted by Gasteiger charge is 2.07. The summed E-state index contributed by atoms with van der Waals surface area (Å²) in [7, 11) is 0. The number of rotatable bonds is 4. The van der Waals surface area contributed by atoms with Crippen LogP contribution in [0.25, 0.3) is 0 Å². The Morgan fingerprint density at radius 3 is 2.44 bits per heavy atom. The number of nitrogens with one attached hydrogen (secondary N) is 1. The van der Waals surface area contributed by atoms with Crippen molar-refractivity contribution in [3.8, 4) is 0 Å². The van der Waals surface area contributed by atoms with Crippen molar-refractivity contribution in [2.24, 2.45) is 0 Å². The van der Waals surface area contributed by atoms with Crippen LogP contribution in [-0.4, -0.2) is 4.98 Å². The van der Waals surface area contributed by atoms with E-state index in [-0.39, 0.29) is 0 Å². The van der Waals surface area contributed by atoms with Crippen LogP contribution >= 0.6 is 0 Å². The van der Waals surface area contributed by atoms with Gasteiger partial charge in [0, 0.05) is 25.0 Å². The largest absolute Gasteiger partial charge is 0.306 e. The van der Waals surface area contributed by atoms with Crippen LogP contribution in [0.15, 0.2) is 42.7 Å². The third kappa shape index (κ3) is 2.96. The lowest BCUT2D eigenvalue weighted by Crippen LogP contribution is -2.19. The Kier molecular flexibility index (Phi) is 4.11. The predicted molar refractivity (Wildman–Crippen MR) is 75.4 cm³/mol. The topological polar surface area (TPSA) is 24.9 Å². The first-order chi connectivity index (χ1) is 8.68. The third-order valence-corrected chi connectivity index (χ3v) is 3.41. The minimum absolute atomic E-state index is 0.317. The van der Waals surface area contributed by atoms with Crippen LogP contribution < -0.4 is 5.32 Å². The van der Waals surface area contributed by atoms with E-state index in [9.17, 15) is 0 Å². The van der Waals surface area contributed by atoms with Crippen molar-refractivity contribution in [1.29, 1.82) is 0 Å². The van der Waals surface area contributed by atoms with Gasteiger partial charge in [0.1, 0.15) is 0 Å². The number of hydrogen-bond acceptors (Lipinski definition) is 2. The van der Waals surface area contributed by atoms with Crippen LogP contribution in [0.5, 0.6) is 0 Å². The van der Waals surface area contributed by atoms with Gasteiger partial charge < -0.3 is 5.32 Å². The molecule has 2 aromatic rings. The fourth-order valence-corrected chi connectivity index (χ4v) is 2.13. The Hall–Kier alpha value is -1.67. The van der Waals surface area contributed by atoms with Gasteiger partial charge in [-0.1, -0.05) is 24.3 Å². The lowest BCUT2D eigenvalue weighted by Gasteiger charge is -2.16. The standard InChI is InChI=1S/C16H20N2/c1-12-6-4-7-13(2)16(12)11-18-14(3)15-8-5-9-17-10-15/h4-10,14,18H,11H2,1-3H3/t14-/m1/s1. The van der Waals surface area contributed by atoms with Crippen LogP contribution in [0, 0.1) is 13.8 Å². The zero-order valence-corrected chi connectivity index (χ0v) is 11.3. The van der Waals surface area contributed by atoms with Crippen LogP contribution in [0.4, 0.5) is 0 Å². The van der Waals surface area contributed by atoms with Gasteiger partial charge in [-0.2, -0.15) is 0 Å². The summed E-state index contributed by atoms with van der Waals surface area (Å²) in [5.74, 6) is 0. The van der Waals surface area contributed by atoms with Crippen molar-refractivity contribution < 1.29 is 0 Å². The van der Waals surface area contributed by atoms with Crippen molar-refractivity contribution in [3.63, 3.8) is 0 Å². The van der Waals surface area contributed by atoms with Gasteiger partial charge in [0.15, 0.2) is 0 Å². The summed E-state index contributed by atoms with van der Waals surface area (Å²) in [4.78, 5) is 4.16. The summed E-state index contributed by atoms with van der Waals surface area (Å²) in [5, 5.41) is 3.56. The van der Waals surface area contributed by atoms with E-state index in [1.54, 1.807) is 0 Å². The summed E-state index contributed by atoms with van der Waals surface area (Å²) in [5.41, 5.74) is 5.32. The van der Waals surface area contributed by atoms with E-state index in [4.69, 9.17) is 0 Å². The molecule has 0 amide bonds. The van der Waals surface area contributed by atoms with E-state index in [2.05, 4.69) is 55.3 Å². The maximum Gasteiger partial charge on any atom is 0.0315 e. The molecule has 2 rings (SSSR count). The predicted octanol–water partition coefficient (Wildman–Crippen LogP) is 3.55. The zero-order valence-electron chi connectivity index (χ0n) is 11.3. The van der Waals surface area contributed by atoms with E-state index in [1.165, 1.54) is 22.3 Å². The van der Waals surface area contributed by atoms with Crippen molar-refractivity contribution in [1.82, 2.24) is 10.3 Å². The van der Waals surface area contributed by atoms with Gasteiger partial charge in [0.05, 0.1) is 0 Å². The molecule has 2 nitrogen and oxygen atoms in total. The normalized spacial score (nSPS) is 12.4. The molecule has 94 valence electrons. The Bertz CT molecular complexity index is 486. The van der Waals surface area contributed by atoms with E-state index in [1.807, 2.05) is 18.5 Å². The van der Waals surface area contributed by atoms with E-state index < -0.39 is 0 Å². The second-order valence-electron chi connectivity index (χ2n) is 4.76. The molecule has 0 aliphatic heterocycles. The van der Waals surface area contributed by atoms with Gasteiger partial charge in [-0.15, -0.1) is 0 Å². The Morgan fingerprint density at radius 1 is 1.11 bits per heavy atom. The first-order valence-electron chi connectivity index (χ1n) is 6.37. The number of benzene rings is 1. The molecule has 0 fully saturated rings. The third-order valence-electron chi connectivity index (χ3n) is 3.41. The van der Waals surface area contributed by atoms with Gasteiger partial charge in [-0.25, -0.2) is 0 Å². The van der Waals surface area contributed by atoms with Crippen LogP contribution in [0.1, 0.15) is 35.2 Å². The van der Waals surface area contributed by atoms with Gasteiger partial charge >= 0.3 is 0 Å². The number of pyridine rings is 1. The highest BCUT2D eigenvalue weighted by molar-refractivity contribution is 5.33. The monoisotopic (exact) mass is 240 g/mol. The van der Waals surface area contributed by atoms with Crippen molar-refractivity contribution in [3.05, 3.63) is 65.0 Å². The number of hydrogen-bond donors (Lipinski definition) is 1. The van der Waals surface area contributed by atoms with Gasteiger partial charge in [0.2, 0.25) is 0 Å². The lowest BCUT2D eigenvalue weighted by atomic mass is 10.0. The Balaban J connectivity index is 2.04. The number of aryl methyl sites for hydroxylation is 2. The number of aromatic nitrogens is 1. The molecular weight excluding hydrogens is 220 g/mol. The molecular formula is C16H20N2. The molecule has 0 unspecified atom stereocenters. The van der Waals surface area contributed by atoms with Crippen molar-refractivity contribution in [2.45, 2.75) is 33.4 Å². The summed E-state index contributed by atoms with van der Waals surface area (Å²) in [6, 6.07) is 10.8. The van der Waals surface area contributed by atoms with Gasteiger partial charge in [-0.05, 0) is 49.1 Å². The second kappa shape index (κ2) is 5.78. The molecule has 0 spiro atoms. The van der Waals surface area contributed by atoms with E-state index in [0.29, 0.717) is 6.04 Å². The first kappa shape index (κ1) is 12.8. The molecule has 1 aromatic carbocycles. The average molecular weight is 240 g/mol. The maximum absolute atomic E-state index is 4.16. The van der Waals surface area contributed by atoms with Crippen molar-refractivity contribution >= 4 is 0 Å². The van der Waals surface area contributed by atoms with E-state index in [0.717, 1.165) is 6.54 Å². The summed E-state index contributed by atoms with van der Waals surface area (Å²) in [6.45, 7) is 7.40. The van der Waals surface area contributed by atoms with Crippen molar-refractivity contribution in [2.75, 3.05) is 0 Å². The molecule has 1 heterocycles. The average Bonchev–Trinajstić information content (AvgIpc) is 2.39. The summed E-state index contributed by atoms with van der Waals surface area (Å²) >= 11 is 0. The van der Waals surface area contributed by atoms with Gasteiger partial charge in [-0.3, -0.25) is 4.98 Å². The molecule has 2 heteroatoms. The number of nitrogens with zero attached hydrogens (tertiary/aromatic N) is 1. The molecule has 1 aromatic heterocycles. The summed E-state index contributed by atoms with van der Waals surface area (Å²) in [6.07, 6.45) is 3.73. The molecule has 0 radical (unpaired) electrons. The van der Waals surface area contributed by atoms with Gasteiger partial charge in [0.25, 0.3) is 0 Å². The molecule has 0 saturated heterocycles. The SMILES string of the molecule is Cc1cccc(C)c1CN[C@H](C)c1cccnc1. The minimum atomic E-state index is 0.317. The Labute approximate surface area is 109 Å². The smallest absolute Gasteiger partial charge is 0.0315 e. The zero-order chi connectivity index (χ0) is 13.0. The molecule has 0 aliphatic carbocycles. The lowest BCUT2D eigenvalue weighted by molar-refractivity contribution is 0.570. The molecule has 1 atom stereocenters. The fourth-order valence-electron chi connectivity index (χ4n) is 2.13. The molecule has 0 saturated carbocycles. The highest BCUT2D eigenvalue weighted by atomic mass is 14.9. The van der Waals surface area contributed by atoms with Crippen LogP contribution in [0.3, 0.4) is 0 Å². The quantitative estimate of drug-likeness (QED) is 0.884. The molecule has 1 N–H and O–H groups in total. The first-order valence-corrected chi connectivity index (χ1v) is 6.37. The molecule has 0 bridgehead atoms. The molecule has 0 aliphatic rings. The maximum atomic E-state index is 4.16. The Morgan fingerprint density at radius 2 is 1.83 bits per heavy atom. The van der Waals surface area contributed by atoms with E-state index >= 15 is 0 Å². The summed E-state index contributed by atoms with van der Waals surface area (Å²) < 4.78 is 0. The minimum Gasteiger partial charge on any atom is -0.306 e.